The molecule has 0 atom stereocenters. The highest BCUT2D eigenvalue weighted by atomic mass is 32.1. The highest BCUT2D eigenvalue weighted by molar-refractivity contribution is 7.10. The SMILES string of the molecule is CN(C)CCN(C)c1cc(O)ns1. The molecule has 0 aliphatic rings. The van der Waals surface area contributed by atoms with Gasteiger partial charge in [0.15, 0.2) is 0 Å². The molecule has 0 fully saturated rings. The Morgan fingerprint density at radius 3 is 2.54 bits per heavy atom. The van der Waals surface area contributed by atoms with Gasteiger partial charge in [-0.15, -0.1) is 0 Å². The van der Waals surface area contributed by atoms with Crippen LogP contribution in [0.25, 0.3) is 0 Å². The maximum atomic E-state index is 9.04. The van der Waals surface area contributed by atoms with Crippen molar-refractivity contribution in [3.63, 3.8) is 0 Å². The first-order valence-electron chi connectivity index (χ1n) is 4.11. The zero-order valence-corrected chi connectivity index (χ0v) is 9.01. The minimum atomic E-state index is 0.108. The Bertz CT molecular complexity index is 262. The molecule has 0 aliphatic carbocycles. The highest BCUT2D eigenvalue weighted by Gasteiger charge is 2.05. The van der Waals surface area contributed by atoms with E-state index in [1.807, 2.05) is 21.1 Å². The third-order valence-electron chi connectivity index (χ3n) is 1.74. The van der Waals surface area contributed by atoms with E-state index in [9.17, 15) is 0 Å². The molecular weight excluding hydrogens is 186 g/mol. The van der Waals surface area contributed by atoms with Crippen molar-refractivity contribution in [3.8, 4) is 5.88 Å². The first-order valence-corrected chi connectivity index (χ1v) is 4.88. The topological polar surface area (TPSA) is 39.6 Å². The summed E-state index contributed by atoms with van der Waals surface area (Å²) in [7, 11) is 6.08. The molecular formula is C8H15N3OS. The van der Waals surface area contributed by atoms with Gasteiger partial charge in [0.1, 0.15) is 5.00 Å². The first kappa shape index (κ1) is 10.3. The summed E-state index contributed by atoms with van der Waals surface area (Å²) in [5.74, 6) is 0.108. The normalized spacial score (nSPS) is 10.8. The average Bonchev–Trinajstić information content (AvgIpc) is 2.47. The predicted octanol–water partition coefficient (Wildman–Crippen LogP) is 0.846. The first-order chi connectivity index (χ1) is 6.09. The molecule has 0 aliphatic heterocycles. The fourth-order valence-electron chi connectivity index (χ4n) is 0.897. The van der Waals surface area contributed by atoms with Gasteiger partial charge < -0.3 is 14.9 Å². The van der Waals surface area contributed by atoms with Gasteiger partial charge in [-0.05, 0) is 25.6 Å². The summed E-state index contributed by atoms with van der Waals surface area (Å²) in [6.45, 7) is 1.93. The van der Waals surface area contributed by atoms with Crippen LogP contribution in [0.4, 0.5) is 5.00 Å². The summed E-state index contributed by atoms with van der Waals surface area (Å²) < 4.78 is 3.81. The Hall–Kier alpha value is -0.810. The lowest BCUT2D eigenvalue weighted by atomic mass is 10.5. The summed E-state index contributed by atoms with van der Waals surface area (Å²) in [5.41, 5.74) is 0. The van der Waals surface area contributed by atoms with Gasteiger partial charge in [-0.1, -0.05) is 0 Å². The molecule has 0 saturated heterocycles. The average molecular weight is 201 g/mol. The van der Waals surface area contributed by atoms with Crippen molar-refractivity contribution in [1.29, 1.82) is 0 Å². The molecule has 13 heavy (non-hydrogen) atoms. The van der Waals surface area contributed by atoms with E-state index in [1.165, 1.54) is 11.5 Å². The van der Waals surface area contributed by atoms with E-state index < -0.39 is 0 Å². The molecule has 1 aromatic rings. The largest absolute Gasteiger partial charge is 0.493 e. The molecule has 1 N–H and O–H groups in total. The highest BCUT2D eigenvalue weighted by Crippen LogP contribution is 2.23. The van der Waals surface area contributed by atoms with Gasteiger partial charge in [0.05, 0.1) is 0 Å². The van der Waals surface area contributed by atoms with Crippen LogP contribution in [-0.2, 0) is 0 Å². The number of rotatable bonds is 4. The molecule has 0 bridgehead atoms. The molecule has 0 unspecified atom stereocenters. The Kier molecular flexibility index (Phi) is 3.50. The van der Waals surface area contributed by atoms with Crippen LogP contribution in [0.1, 0.15) is 0 Å². The number of hydrogen-bond acceptors (Lipinski definition) is 5. The second-order valence-electron chi connectivity index (χ2n) is 3.25. The molecule has 0 radical (unpaired) electrons. The van der Waals surface area contributed by atoms with E-state index in [1.54, 1.807) is 6.07 Å². The summed E-state index contributed by atoms with van der Waals surface area (Å²) in [6.07, 6.45) is 0. The van der Waals surface area contributed by atoms with Crippen LogP contribution in [0.2, 0.25) is 0 Å². The Morgan fingerprint density at radius 1 is 1.38 bits per heavy atom. The zero-order valence-electron chi connectivity index (χ0n) is 8.19. The summed E-state index contributed by atoms with van der Waals surface area (Å²) in [6, 6.07) is 1.68. The maximum Gasteiger partial charge on any atom is 0.224 e. The van der Waals surface area contributed by atoms with Crippen molar-refractivity contribution < 1.29 is 5.11 Å². The molecule has 1 rings (SSSR count). The number of anilines is 1. The van der Waals surface area contributed by atoms with Gasteiger partial charge in [-0.25, -0.2) is 0 Å². The van der Waals surface area contributed by atoms with E-state index in [0.717, 1.165) is 18.1 Å². The van der Waals surface area contributed by atoms with Gasteiger partial charge in [0, 0.05) is 26.2 Å². The maximum absolute atomic E-state index is 9.04. The third-order valence-corrected chi connectivity index (χ3v) is 2.64. The zero-order chi connectivity index (χ0) is 9.84. The molecule has 74 valence electrons. The summed E-state index contributed by atoms with van der Waals surface area (Å²) in [4.78, 5) is 4.20. The van der Waals surface area contributed by atoms with Crippen LogP contribution in [0.15, 0.2) is 6.07 Å². The summed E-state index contributed by atoms with van der Waals surface area (Å²) in [5, 5.41) is 10.0. The van der Waals surface area contributed by atoms with Crippen LogP contribution in [0.5, 0.6) is 5.88 Å². The molecule has 1 heterocycles. The van der Waals surface area contributed by atoms with E-state index in [-0.39, 0.29) is 5.88 Å². The number of aromatic nitrogens is 1. The van der Waals surface area contributed by atoms with Crippen molar-refractivity contribution in [3.05, 3.63) is 6.07 Å². The molecule has 0 aromatic carbocycles. The van der Waals surface area contributed by atoms with E-state index in [4.69, 9.17) is 5.11 Å². The molecule has 1 aromatic heterocycles. The van der Waals surface area contributed by atoms with Gasteiger partial charge in [-0.2, -0.15) is 4.37 Å². The minimum Gasteiger partial charge on any atom is -0.493 e. The van der Waals surface area contributed by atoms with E-state index in [0.29, 0.717) is 0 Å². The monoisotopic (exact) mass is 201 g/mol. The smallest absolute Gasteiger partial charge is 0.224 e. The van der Waals surface area contributed by atoms with Crippen LogP contribution in [0.3, 0.4) is 0 Å². The minimum absolute atomic E-state index is 0.108. The van der Waals surface area contributed by atoms with Crippen molar-refractivity contribution in [1.82, 2.24) is 9.27 Å². The van der Waals surface area contributed by atoms with Crippen molar-refractivity contribution in [2.45, 2.75) is 0 Å². The number of likely N-dealkylation sites (N-methyl/N-ethyl adjacent to an activating group) is 2. The fourth-order valence-corrected chi connectivity index (χ4v) is 1.53. The van der Waals surface area contributed by atoms with Crippen LogP contribution in [0, 0.1) is 0 Å². The van der Waals surface area contributed by atoms with Gasteiger partial charge in [-0.3, -0.25) is 0 Å². The van der Waals surface area contributed by atoms with Gasteiger partial charge >= 0.3 is 0 Å². The van der Waals surface area contributed by atoms with Crippen LogP contribution in [-0.4, -0.2) is 48.6 Å². The Morgan fingerprint density at radius 2 is 2.08 bits per heavy atom. The lowest BCUT2D eigenvalue weighted by molar-refractivity contribution is 0.417. The van der Waals surface area contributed by atoms with Gasteiger partial charge in [0.2, 0.25) is 5.88 Å². The van der Waals surface area contributed by atoms with Crippen LogP contribution >= 0.6 is 11.5 Å². The number of nitrogens with zero attached hydrogens (tertiary/aromatic N) is 3. The third kappa shape index (κ3) is 3.20. The predicted molar refractivity (Wildman–Crippen MR) is 55.6 cm³/mol. The lowest BCUT2D eigenvalue weighted by Crippen LogP contribution is -2.27. The molecule has 0 spiro atoms. The van der Waals surface area contributed by atoms with Crippen molar-refractivity contribution in [2.75, 3.05) is 39.1 Å². The Balaban J connectivity index is 2.44. The van der Waals surface area contributed by atoms with Gasteiger partial charge in [0.25, 0.3) is 0 Å². The van der Waals surface area contributed by atoms with Crippen molar-refractivity contribution >= 4 is 16.5 Å². The number of aromatic hydroxyl groups is 1. The van der Waals surface area contributed by atoms with E-state index >= 15 is 0 Å². The molecule has 5 heteroatoms. The quantitative estimate of drug-likeness (QED) is 0.784. The standard InChI is InChI=1S/C8H15N3OS/c1-10(2)4-5-11(3)8-6-7(12)9-13-8/h6H,4-5H2,1-3H3,(H,9,12). The molecule has 4 nitrogen and oxygen atoms in total. The second-order valence-corrected chi connectivity index (χ2v) is 4.03. The Labute approximate surface area is 82.6 Å². The van der Waals surface area contributed by atoms with E-state index in [2.05, 4.69) is 14.2 Å². The fraction of sp³-hybridized carbons (Fsp3) is 0.625. The lowest BCUT2D eigenvalue weighted by Gasteiger charge is -2.18. The number of hydrogen-bond donors (Lipinski definition) is 1. The molecule has 0 saturated carbocycles. The second kappa shape index (κ2) is 4.43. The van der Waals surface area contributed by atoms with Crippen molar-refractivity contribution in [2.24, 2.45) is 0 Å². The molecule has 0 amide bonds. The summed E-state index contributed by atoms with van der Waals surface area (Å²) >= 11 is 1.32. The van der Waals surface area contributed by atoms with Crippen LogP contribution < -0.4 is 4.90 Å².